The lowest BCUT2D eigenvalue weighted by Gasteiger charge is -2.11. The normalized spacial score (nSPS) is 22.9. The summed E-state index contributed by atoms with van der Waals surface area (Å²) < 4.78 is 5.52. The van der Waals surface area contributed by atoms with Crippen LogP contribution in [0.2, 0.25) is 0 Å². The predicted molar refractivity (Wildman–Crippen MR) is 89.1 cm³/mol. The number of amides is 2. The molecule has 1 aromatic heterocycles. The number of rotatable bonds is 5. The van der Waals surface area contributed by atoms with Crippen molar-refractivity contribution in [3.8, 4) is 0 Å². The van der Waals surface area contributed by atoms with Crippen LogP contribution in [0.5, 0.6) is 0 Å². The van der Waals surface area contributed by atoms with Gasteiger partial charge in [0.2, 0.25) is 5.91 Å². The van der Waals surface area contributed by atoms with Gasteiger partial charge in [0.25, 0.3) is 5.91 Å². The third-order valence-electron chi connectivity index (χ3n) is 4.75. The molecule has 1 saturated carbocycles. The Labute approximate surface area is 139 Å². The van der Waals surface area contributed by atoms with Crippen molar-refractivity contribution in [1.82, 2.24) is 5.32 Å². The Hall–Kier alpha value is -1.40. The minimum Gasteiger partial charge on any atom is -0.378 e. The highest BCUT2D eigenvalue weighted by atomic mass is 32.1. The molecule has 0 spiro atoms. The summed E-state index contributed by atoms with van der Waals surface area (Å²) in [5.74, 6) is -0.0587. The van der Waals surface area contributed by atoms with Crippen LogP contribution in [0.25, 0.3) is 0 Å². The number of carbonyl (C=O) groups is 2. The van der Waals surface area contributed by atoms with Crippen molar-refractivity contribution < 1.29 is 14.3 Å². The number of nitrogens with one attached hydrogen (secondary N) is 2. The number of anilines is 1. The molecule has 2 amide bonds. The second-order valence-electron chi connectivity index (χ2n) is 6.70. The van der Waals surface area contributed by atoms with Crippen LogP contribution in [0.3, 0.4) is 0 Å². The SMILES string of the molecule is O=C(C[C@H]1CCCO1)Nc1sc2c(c1C(=O)NC1CC1)CCC2. The average Bonchev–Trinajstić information content (AvgIpc) is 2.89. The van der Waals surface area contributed by atoms with E-state index in [2.05, 4.69) is 10.6 Å². The third kappa shape index (κ3) is 3.28. The zero-order valence-electron chi connectivity index (χ0n) is 13.2. The van der Waals surface area contributed by atoms with Gasteiger partial charge in [-0.3, -0.25) is 9.59 Å². The van der Waals surface area contributed by atoms with Crippen molar-refractivity contribution in [2.24, 2.45) is 0 Å². The van der Waals surface area contributed by atoms with Crippen LogP contribution in [-0.4, -0.2) is 30.6 Å². The van der Waals surface area contributed by atoms with E-state index in [9.17, 15) is 9.59 Å². The fourth-order valence-corrected chi connectivity index (χ4v) is 4.71. The summed E-state index contributed by atoms with van der Waals surface area (Å²) in [6.07, 6.45) is 7.60. The fraction of sp³-hybridized carbons (Fsp3) is 0.647. The Balaban J connectivity index is 1.50. The molecule has 1 atom stereocenters. The maximum Gasteiger partial charge on any atom is 0.254 e. The Bertz CT molecular complexity index is 630. The summed E-state index contributed by atoms with van der Waals surface area (Å²) in [6.45, 7) is 0.750. The number of ether oxygens (including phenoxy) is 1. The molecule has 0 radical (unpaired) electrons. The molecule has 6 heteroatoms. The maximum absolute atomic E-state index is 12.6. The molecule has 1 aliphatic heterocycles. The molecule has 1 aromatic rings. The van der Waals surface area contributed by atoms with E-state index in [-0.39, 0.29) is 17.9 Å². The summed E-state index contributed by atoms with van der Waals surface area (Å²) in [6, 6.07) is 0.329. The van der Waals surface area contributed by atoms with Crippen LogP contribution in [-0.2, 0) is 22.4 Å². The first-order valence-corrected chi connectivity index (χ1v) is 9.39. The van der Waals surface area contributed by atoms with E-state index in [0.717, 1.165) is 67.7 Å². The van der Waals surface area contributed by atoms with Crippen molar-refractivity contribution in [1.29, 1.82) is 0 Å². The van der Waals surface area contributed by atoms with Gasteiger partial charge in [-0.1, -0.05) is 0 Å². The Morgan fingerprint density at radius 2 is 2.04 bits per heavy atom. The first kappa shape index (κ1) is 15.1. The molecule has 4 rings (SSSR count). The first-order valence-electron chi connectivity index (χ1n) is 8.57. The smallest absolute Gasteiger partial charge is 0.254 e. The Kier molecular flexibility index (Phi) is 4.11. The molecule has 2 heterocycles. The number of thiophene rings is 1. The second-order valence-corrected chi connectivity index (χ2v) is 7.80. The van der Waals surface area contributed by atoms with Crippen molar-refractivity contribution in [2.45, 2.75) is 63.5 Å². The molecule has 2 aliphatic carbocycles. The number of carbonyl (C=O) groups excluding carboxylic acids is 2. The van der Waals surface area contributed by atoms with E-state index in [4.69, 9.17) is 4.74 Å². The van der Waals surface area contributed by atoms with E-state index >= 15 is 0 Å². The van der Waals surface area contributed by atoms with Crippen molar-refractivity contribution in [3.05, 3.63) is 16.0 Å². The quantitative estimate of drug-likeness (QED) is 0.870. The summed E-state index contributed by atoms with van der Waals surface area (Å²) in [5, 5.41) is 6.78. The summed E-state index contributed by atoms with van der Waals surface area (Å²) >= 11 is 1.58. The van der Waals surface area contributed by atoms with Gasteiger partial charge < -0.3 is 15.4 Å². The van der Waals surface area contributed by atoms with Crippen molar-refractivity contribution in [3.63, 3.8) is 0 Å². The molecule has 3 aliphatic rings. The van der Waals surface area contributed by atoms with Crippen LogP contribution in [0.1, 0.15) is 59.3 Å². The average molecular weight is 334 g/mol. The van der Waals surface area contributed by atoms with Crippen molar-refractivity contribution >= 4 is 28.2 Å². The van der Waals surface area contributed by atoms with Gasteiger partial charge in [0.15, 0.2) is 0 Å². The molecule has 5 nitrogen and oxygen atoms in total. The van der Waals surface area contributed by atoms with Gasteiger partial charge in [0.05, 0.1) is 18.1 Å². The second kappa shape index (κ2) is 6.24. The Morgan fingerprint density at radius 3 is 2.78 bits per heavy atom. The van der Waals surface area contributed by atoms with Gasteiger partial charge in [-0.15, -0.1) is 11.3 Å². The number of fused-ring (bicyclic) bond motifs is 1. The number of aryl methyl sites for hydroxylation is 1. The summed E-state index contributed by atoms with van der Waals surface area (Å²) in [5.41, 5.74) is 1.87. The highest BCUT2D eigenvalue weighted by molar-refractivity contribution is 7.17. The van der Waals surface area contributed by atoms with Crippen LogP contribution < -0.4 is 10.6 Å². The molecule has 23 heavy (non-hydrogen) atoms. The van der Waals surface area contributed by atoms with E-state index < -0.39 is 0 Å². The minimum atomic E-state index is -0.0442. The van der Waals surface area contributed by atoms with Crippen LogP contribution in [0, 0.1) is 0 Å². The van der Waals surface area contributed by atoms with Gasteiger partial charge >= 0.3 is 0 Å². The molecule has 2 fully saturated rings. The molecule has 0 unspecified atom stereocenters. The van der Waals surface area contributed by atoms with Gasteiger partial charge in [0.1, 0.15) is 5.00 Å². The van der Waals surface area contributed by atoms with Crippen molar-refractivity contribution in [2.75, 3.05) is 11.9 Å². The van der Waals surface area contributed by atoms with E-state index in [1.165, 1.54) is 4.88 Å². The molecular weight excluding hydrogens is 312 g/mol. The maximum atomic E-state index is 12.6. The predicted octanol–water partition coefficient (Wildman–Crippen LogP) is 2.64. The minimum absolute atomic E-state index is 0.0145. The standard InChI is InChI=1S/C17H22N2O3S/c20-14(9-11-3-2-8-22-11)19-17-15(16(21)18-10-6-7-10)12-4-1-5-13(12)23-17/h10-11H,1-9H2,(H,18,21)(H,19,20)/t11-/m1/s1. The number of hydrogen-bond acceptors (Lipinski definition) is 4. The van der Waals surface area contributed by atoms with E-state index in [1.807, 2.05) is 0 Å². The molecule has 1 saturated heterocycles. The molecule has 2 N–H and O–H groups in total. The highest BCUT2D eigenvalue weighted by Crippen LogP contribution is 2.39. The summed E-state index contributed by atoms with van der Waals surface area (Å²) in [7, 11) is 0. The topological polar surface area (TPSA) is 67.4 Å². The van der Waals surface area contributed by atoms with Crippen LogP contribution >= 0.6 is 11.3 Å². The molecular formula is C17H22N2O3S. The summed E-state index contributed by atoms with van der Waals surface area (Å²) in [4.78, 5) is 26.1. The van der Waals surface area contributed by atoms with Crippen LogP contribution in [0.4, 0.5) is 5.00 Å². The van der Waals surface area contributed by atoms with Gasteiger partial charge in [-0.05, 0) is 50.5 Å². The molecule has 0 bridgehead atoms. The monoisotopic (exact) mass is 334 g/mol. The molecule has 124 valence electrons. The lowest BCUT2D eigenvalue weighted by Crippen LogP contribution is -2.27. The lowest BCUT2D eigenvalue weighted by molar-refractivity contribution is -0.118. The van der Waals surface area contributed by atoms with Crippen LogP contribution in [0.15, 0.2) is 0 Å². The van der Waals surface area contributed by atoms with E-state index in [0.29, 0.717) is 12.5 Å². The lowest BCUT2D eigenvalue weighted by atomic mass is 10.1. The molecule has 0 aromatic carbocycles. The largest absolute Gasteiger partial charge is 0.378 e. The highest BCUT2D eigenvalue weighted by Gasteiger charge is 2.31. The van der Waals surface area contributed by atoms with Gasteiger partial charge in [-0.25, -0.2) is 0 Å². The zero-order valence-corrected chi connectivity index (χ0v) is 14.0. The first-order chi connectivity index (χ1) is 11.2. The third-order valence-corrected chi connectivity index (χ3v) is 5.96. The number of hydrogen-bond donors (Lipinski definition) is 2. The van der Waals surface area contributed by atoms with E-state index in [1.54, 1.807) is 11.3 Å². The van der Waals surface area contributed by atoms with Gasteiger partial charge in [-0.2, -0.15) is 0 Å². The Morgan fingerprint density at radius 1 is 1.17 bits per heavy atom. The fourth-order valence-electron chi connectivity index (χ4n) is 3.41. The zero-order chi connectivity index (χ0) is 15.8. The van der Waals surface area contributed by atoms with Gasteiger partial charge in [0, 0.05) is 17.5 Å².